The summed E-state index contributed by atoms with van der Waals surface area (Å²) in [6, 6.07) is 9.30. The standard InChI is InChI=1S/C15H22ClNO2/c1-15(2,9-6-10-18)11-17-14(19)13(16)12-7-4-3-5-8-12/h3-5,7-8,13,18H,6,9-11H2,1-2H3,(H,17,19). The SMILES string of the molecule is CC(C)(CCCO)CNC(=O)C(Cl)c1ccccc1. The van der Waals surface area contributed by atoms with Crippen LogP contribution in [-0.2, 0) is 4.79 Å². The van der Waals surface area contributed by atoms with Crippen LogP contribution in [0, 0.1) is 5.41 Å². The van der Waals surface area contributed by atoms with Gasteiger partial charge in [0.2, 0.25) is 5.91 Å². The highest BCUT2D eigenvalue weighted by molar-refractivity contribution is 6.30. The summed E-state index contributed by atoms with van der Waals surface area (Å²) >= 11 is 6.14. The van der Waals surface area contributed by atoms with Crippen molar-refractivity contribution >= 4 is 17.5 Å². The van der Waals surface area contributed by atoms with E-state index >= 15 is 0 Å². The number of alkyl halides is 1. The van der Waals surface area contributed by atoms with Gasteiger partial charge >= 0.3 is 0 Å². The third kappa shape index (κ3) is 5.62. The van der Waals surface area contributed by atoms with Crippen molar-refractivity contribution in [2.75, 3.05) is 13.2 Å². The van der Waals surface area contributed by atoms with Gasteiger partial charge in [-0.15, -0.1) is 11.6 Å². The maximum Gasteiger partial charge on any atom is 0.242 e. The maximum absolute atomic E-state index is 12.0. The first-order valence-electron chi connectivity index (χ1n) is 6.54. The number of benzene rings is 1. The molecule has 0 saturated carbocycles. The summed E-state index contributed by atoms with van der Waals surface area (Å²) in [5, 5.41) is 11.1. The molecule has 0 fully saturated rings. The highest BCUT2D eigenvalue weighted by Gasteiger charge is 2.22. The van der Waals surface area contributed by atoms with Gasteiger partial charge in [0, 0.05) is 13.2 Å². The number of aliphatic hydroxyl groups is 1. The van der Waals surface area contributed by atoms with Crippen LogP contribution in [0.4, 0.5) is 0 Å². The first-order valence-corrected chi connectivity index (χ1v) is 6.97. The molecule has 0 aliphatic carbocycles. The molecule has 0 aliphatic heterocycles. The van der Waals surface area contributed by atoms with Crippen molar-refractivity contribution in [1.29, 1.82) is 0 Å². The van der Waals surface area contributed by atoms with Crippen LogP contribution in [0.2, 0.25) is 0 Å². The van der Waals surface area contributed by atoms with Crippen molar-refractivity contribution in [3.8, 4) is 0 Å². The molecule has 0 saturated heterocycles. The van der Waals surface area contributed by atoms with Crippen LogP contribution in [0.15, 0.2) is 30.3 Å². The molecule has 1 aromatic rings. The third-order valence-corrected chi connectivity index (χ3v) is 3.53. The quantitative estimate of drug-likeness (QED) is 0.756. The van der Waals surface area contributed by atoms with Crippen LogP contribution in [0.5, 0.6) is 0 Å². The van der Waals surface area contributed by atoms with E-state index in [-0.39, 0.29) is 17.9 Å². The van der Waals surface area contributed by atoms with Gasteiger partial charge in [-0.1, -0.05) is 44.2 Å². The number of rotatable bonds is 7. The summed E-state index contributed by atoms with van der Waals surface area (Å²) < 4.78 is 0. The lowest BCUT2D eigenvalue weighted by Gasteiger charge is -2.25. The van der Waals surface area contributed by atoms with Crippen LogP contribution in [0.3, 0.4) is 0 Å². The van der Waals surface area contributed by atoms with Gasteiger partial charge in [-0.05, 0) is 23.8 Å². The average molecular weight is 284 g/mol. The first-order chi connectivity index (χ1) is 8.96. The fourth-order valence-electron chi connectivity index (χ4n) is 1.84. The molecule has 106 valence electrons. The van der Waals surface area contributed by atoms with Crippen LogP contribution >= 0.6 is 11.6 Å². The second kappa shape index (κ2) is 7.51. The molecule has 0 heterocycles. The van der Waals surface area contributed by atoms with Crippen LogP contribution < -0.4 is 5.32 Å². The highest BCUT2D eigenvalue weighted by Crippen LogP contribution is 2.23. The lowest BCUT2D eigenvalue weighted by Crippen LogP contribution is -2.35. The zero-order valence-electron chi connectivity index (χ0n) is 11.5. The summed E-state index contributed by atoms with van der Waals surface area (Å²) in [5.41, 5.74) is 0.765. The van der Waals surface area contributed by atoms with E-state index in [2.05, 4.69) is 19.2 Å². The predicted molar refractivity (Wildman–Crippen MR) is 78.1 cm³/mol. The highest BCUT2D eigenvalue weighted by atomic mass is 35.5. The zero-order valence-corrected chi connectivity index (χ0v) is 12.3. The van der Waals surface area contributed by atoms with Gasteiger partial charge in [0.15, 0.2) is 0 Å². The zero-order chi connectivity index (χ0) is 14.3. The minimum absolute atomic E-state index is 0.0360. The Morgan fingerprint density at radius 2 is 2.00 bits per heavy atom. The lowest BCUT2D eigenvalue weighted by atomic mass is 9.88. The number of carbonyl (C=O) groups excluding carboxylic acids is 1. The smallest absolute Gasteiger partial charge is 0.242 e. The van der Waals surface area contributed by atoms with Gasteiger partial charge < -0.3 is 10.4 Å². The molecule has 0 aromatic heterocycles. The summed E-state index contributed by atoms with van der Waals surface area (Å²) in [4.78, 5) is 12.0. The summed E-state index contributed by atoms with van der Waals surface area (Å²) in [7, 11) is 0. The second-order valence-corrected chi connectivity index (χ2v) is 5.92. The Balaban J connectivity index is 2.47. The minimum Gasteiger partial charge on any atom is -0.396 e. The number of nitrogens with one attached hydrogen (secondary N) is 1. The average Bonchev–Trinajstić information content (AvgIpc) is 2.43. The van der Waals surface area contributed by atoms with Crippen LogP contribution in [-0.4, -0.2) is 24.2 Å². The molecule has 1 unspecified atom stereocenters. The summed E-state index contributed by atoms with van der Waals surface area (Å²) in [6.07, 6.45) is 1.61. The molecular weight excluding hydrogens is 262 g/mol. The minimum atomic E-state index is -0.658. The molecular formula is C15H22ClNO2. The number of carbonyl (C=O) groups is 1. The number of amides is 1. The van der Waals surface area contributed by atoms with Gasteiger partial charge in [0.05, 0.1) is 0 Å². The Bertz CT molecular complexity index is 392. The second-order valence-electron chi connectivity index (χ2n) is 5.48. The van der Waals surface area contributed by atoms with Gasteiger partial charge in [-0.3, -0.25) is 4.79 Å². The van der Waals surface area contributed by atoms with Gasteiger partial charge in [0.25, 0.3) is 0 Å². The Hall–Kier alpha value is -1.06. The van der Waals surface area contributed by atoms with E-state index in [4.69, 9.17) is 16.7 Å². The molecule has 2 N–H and O–H groups in total. The van der Waals surface area contributed by atoms with Crippen LogP contribution in [0.1, 0.15) is 37.6 Å². The Morgan fingerprint density at radius 1 is 1.37 bits per heavy atom. The predicted octanol–water partition coefficient (Wildman–Crippen LogP) is 2.88. The van der Waals surface area contributed by atoms with Crippen molar-refractivity contribution in [1.82, 2.24) is 5.32 Å². The topological polar surface area (TPSA) is 49.3 Å². The van der Waals surface area contributed by atoms with Crippen molar-refractivity contribution in [3.63, 3.8) is 0 Å². The van der Waals surface area contributed by atoms with Gasteiger partial charge in [-0.2, -0.15) is 0 Å². The summed E-state index contributed by atoms with van der Waals surface area (Å²) in [5.74, 6) is -0.176. The molecule has 1 atom stereocenters. The number of hydrogen-bond donors (Lipinski definition) is 2. The molecule has 1 amide bonds. The van der Waals surface area contributed by atoms with E-state index in [0.717, 1.165) is 18.4 Å². The number of aliphatic hydroxyl groups excluding tert-OH is 1. The van der Waals surface area contributed by atoms with E-state index in [1.807, 2.05) is 30.3 Å². The van der Waals surface area contributed by atoms with E-state index < -0.39 is 5.38 Å². The molecule has 1 aromatic carbocycles. The molecule has 0 aliphatic rings. The number of halogens is 1. The Kier molecular flexibility index (Phi) is 6.32. The molecule has 19 heavy (non-hydrogen) atoms. The monoisotopic (exact) mass is 283 g/mol. The van der Waals surface area contributed by atoms with Crippen molar-refractivity contribution in [2.45, 2.75) is 32.1 Å². The Labute approximate surface area is 120 Å². The van der Waals surface area contributed by atoms with Crippen molar-refractivity contribution in [2.24, 2.45) is 5.41 Å². The van der Waals surface area contributed by atoms with Crippen molar-refractivity contribution in [3.05, 3.63) is 35.9 Å². The fraction of sp³-hybridized carbons (Fsp3) is 0.533. The molecule has 4 heteroatoms. The van der Waals surface area contributed by atoms with Crippen molar-refractivity contribution < 1.29 is 9.90 Å². The lowest BCUT2D eigenvalue weighted by molar-refractivity contribution is -0.121. The largest absolute Gasteiger partial charge is 0.396 e. The number of hydrogen-bond acceptors (Lipinski definition) is 2. The maximum atomic E-state index is 12.0. The van der Waals surface area contributed by atoms with Crippen LogP contribution in [0.25, 0.3) is 0 Å². The fourth-order valence-corrected chi connectivity index (χ4v) is 2.06. The first kappa shape index (κ1) is 16.0. The summed E-state index contributed by atoms with van der Waals surface area (Å²) in [6.45, 7) is 4.87. The van der Waals surface area contributed by atoms with Gasteiger partial charge in [-0.25, -0.2) is 0 Å². The molecule has 0 radical (unpaired) electrons. The van der Waals surface area contributed by atoms with Gasteiger partial charge in [0.1, 0.15) is 5.38 Å². The molecule has 3 nitrogen and oxygen atoms in total. The normalized spacial score (nSPS) is 13.1. The molecule has 1 rings (SSSR count). The third-order valence-electron chi connectivity index (χ3n) is 3.08. The van der Waals surface area contributed by atoms with E-state index in [0.29, 0.717) is 6.54 Å². The Morgan fingerprint density at radius 3 is 2.58 bits per heavy atom. The van der Waals surface area contributed by atoms with E-state index in [1.165, 1.54) is 0 Å². The molecule has 0 spiro atoms. The van der Waals surface area contributed by atoms with E-state index in [1.54, 1.807) is 0 Å². The molecule has 0 bridgehead atoms. The van der Waals surface area contributed by atoms with E-state index in [9.17, 15) is 4.79 Å².